The lowest BCUT2D eigenvalue weighted by Gasteiger charge is -2.09. The zero-order valence-electron chi connectivity index (χ0n) is 9.73. The Morgan fingerprint density at radius 2 is 2.18 bits per heavy atom. The Labute approximate surface area is 99.8 Å². The molecule has 0 fully saturated rings. The highest BCUT2D eigenvalue weighted by atomic mass is 16.1. The van der Waals surface area contributed by atoms with Gasteiger partial charge in [-0.25, -0.2) is 4.98 Å². The second kappa shape index (κ2) is 4.82. The molecule has 2 rings (SSSR count). The molecular weight excluding hydrogens is 214 g/mol. The van der Waals surface area contributed by atoms with Crippen molar-refractivity contribution >= 4 is 22.5 Å². The summed E-state index contributed by atoms with van der Waals surface area (Å²) in [6, 6.07) is 9.40. The molecule has 4 heteroatoms. The molecule has 1 heterocycles. The van der Waals surface area contributed by atoms with Gasteiger partial charge in [0.15, 0.2) is 0 Å². The largest absolute Gasteiger partial charge is 0.384 e. The predicted octanol–water partition coefficient (Wildman–Crippen LogP) is 2.16. The smallest absolute Gasteiger partial charge is 0.267 e. The van der Waals surface area contributed by atoms with Crippen molar-refractivity contribution in [2.45, 2.75) is 13.3 Å². The molecule has 2 aromatic rings. The van der Waals surface area contributed by atoms with E-state index in [0.29, 0.717) is 5.69 Å². The standard InChI is InChI=1S/C13H15N3O/c1-2-7-15-11-8-12(13(14)17)16-10-6-4-3-5-9(10)11/h3-6,8H,2,7H2,1H3,(H2,14,17)(H,15,16). The van der Waals surface area contributed by atoms with Gasteiger partial charge < -0.3 is 11.1 Å². The summed E-state index contributed by atoms with van der Waals surface area (Å²) >= 11 is 0. The molecule has 0 saturated carbocycles. The van der Waals surface area contributed by atoms with Gasteiger partial charge in [-0.2, -0.15) is 0 Å². The lowest BCUT2D eigenvalue weighted by molar-refractivity contribution is 0.0996. The van der Waals surface area contributed by atoms with E-state index in [-0.39, 0.29) is 0 Å². The van der Waals surface area contributed by atoms with Gasteiger partial charge in [-0.15, -0.1) is 0 Å². The Balaban J connectivity index is 2.56. The Hall–Kier alpha value is -2.10. The van der Waals surface area contributed by atoms with Crippen LogP contribution in [0.15, 0.2) is 30.3 Å². The molecule has 1 amide bonds. The highest BCUT2D eigenvalue weighted by Crippen LogP contribution is 2.22. The molecular formula is C13H15N3O. The topological polar surface area (TPSA) is 68.0 Å². The molecule has 88 valence electrons. The fraction of sp³-hybridized carbons (Fsp3) is 0.231. The van der Waals surface area contributed by atoms with Crippen LogP contribution in [0, 0.1) is 0 Å². The SMILES string of the molecule is CCCNc1cc(C(N)=O)nc2ccccc12. The van der Waals surface area contributed by atoms with Gasteiger partial charge in [-0.1, -0.05) is 25.1 Å². The maximum absolute atomic E-state index is 11.2. The molecule has 0 aliphatic carbocycles. The van der Waals surface area contributed by atoms with Gasteiger partial charge in [0.05, 0.1) is 5.52 Å². The molecule has 3 N–H and O–H groups in total. The number of anilines is 1. The average molecular weight is 229 g/mol. The number of hydrogen-bond acceptors (Lipinski definition) is 3. The van der Waals surface area contributed by atoms with Gasteiger partial charge in [-0.05, 0) is 18.6 Å². The summed E-state index contributed by atoms with van der Waals surface area (Å²) in [6.45, 7) is 2.94. The van der Waals surface area contributed by atoms with Crippen molar-refractivity contribution in [3.8, 4) is 0 Å². The number of benzene rings is 1. The van der Waals surface area contributed by atoms with E-state index in [1.807, 2.05) is 24.3 Å². The number of nitrogens with one attached hydrogen (secondary N) is 1. The van der Waals surface area contributed by atoms with Crippen molar-refractivity contribution < 1.29 is 4.79 Å². The second-order valence-electron chi connectivity index (χ2n) is 3.86. The minimum absolute atomic E-state index is 0.294. The van der Waals surface area contributed by atoms with Crippen LogP contribution >= 0.6 is 0 Å². The molecule has 0 aliphatic rings. The first kappa shape index (κ1) is 11.4. The lowest BCUT2D eigenvalue weighted by atomic mass is 10.1. The van der Waals surface area contributed by atoms with Crippen molar-refractivity contribution in [3.63, 3.8) is 0 Å². The number of rotatable bonds is 4. The molecule has 0 aliphatic heterocycles. The maximum atomic E-state index is 11.2. The van der Waals surface area contributed by atoms with Crippen LogP contribution in [0.5, 0.6) is 0 Å². The first-order valence-corrected chi connectivity index (χ1v) is 5.66. The average Bonchev–Trinajstić information content (AvgIpc) is 2.35. The highest BCUT2D eigenvalue weighted by Gasteiger charge is 2.08. The number of carbonyl (C=O) groups is 1. The Bertz CT molecular complexity index is 551. The van der Waals surface area contributed by atoms with E-state index in [1.54, 1.807) is 6.07 Å². The van der Waals surface area contributed by atoms with E-state index >= 15 is 0 Å². The van der Waals surface area contributed by atoms with Crippen molar-refractivity contribution in [1.82, 2.24) is 4.98 Å². The second-order valence-corrected chi connectivity index (χ2v) is 3.86. The number of para-hydroxylation sites is 1. The van der Waals surface area contributed by atoms with Crippen LogP contribution in [0.25, 0.3) is 10.9 Å². The molecule has 4 nitrogen and oxygen atoms in total. The molecule has 0 atom stereocenters. The van der Waals surface area contributed by atoms with Crippen molar-refractivity contribution in [2.75, 3.05) is 11.9 Å². The fourth-order valence-corrected chi connectivity index (χ4v) is 1.71. The first-order chi connectivity index (χ1) is 8.22. The number of fused-ring (bicyclic) bond motifs is 1. The third kappa shape index (κ3) is 2.36. The van der Waals surface area contributed by atoms with Crippen molar-refractivity contribution in [3.05, 3.63) is 36.0 Å². The summed E-state index contributed by atoms with van der Waals surface area (Å²) in [7, 11) is 0. The molecule has 0 unspecified atom stereocenters. The zero-order chi connectivity index (χ0) is 12.3. The molecule has 1 aromatic heterocycles. The molecule has 17 heavy (non-hydrogen) atoms. The van der Waals surface area contributed by atoms with E-state index in [2.05, 4.69) is 17.2 Å². The summed E-state index contributed by atoms with van der Waals surface area (Å²) in [5, 5.41) is 4.29. The minimum Gasteiger partial charge on any atom is -0.384 e. The van der Waals surface area contributed by atoms with E-state index < -0.39 is 5.91 Å². The van der Waals surface area contributed by atoms with Crippen LogP contribution in [-0.4, -0.2) is 17.4 Å². The molecule has 0 spiro atoms. The van der Waals surface area contributed by atoms with Gasteiger partial charge in [0, 0.05) is 17.6 Å². The Morgan fingerprint density at radius 3 is 2.88 bits per heavy atom. The molecule has 1 aromatic carbocycles. The number of nitrogens with two attached hydrogens (primary N) is 1. The van der Waals surface area contributed by atoms with Gasteiger partial charge in [0.1, 0.15) is 5.69 Å². The van der Waals surface area contributed by atoms with Crippen molar-refractivity contribution in [2.24, 2.45) is 5.73 Å². The molecule has 0 saturated heterocycles. The monoisotopic (exact) mass is 229 g/mol. The van der Waals surface area contributed by atoms with E-state index in [0.717, 1.165) is 29.6 Å². The van der Waals surface area contributed by atoms with Crippen LogP contribution in [0.3, 0.4) is 0 Å². The van der Waals surface area contributed by atoms with E-state index in [4.69, 9.17) is 5.73 Å². The zero-order valence-corrected chi connectivity index (χ0v) is 9.73. The summed E-state index contributed by atoms with van der Waals surface area (Å²) in [5.41, 5.74) is 7.26. The third-order valence-corrected chi connectivity index (χ3v) is 2.53. The number of amides is 1. The Kier molecular flexibility index (Phi) is 3.23. The van der Waals surface area contributed by atoms with Crippen molar-refractivity contribution in [1.29, 1.82) is 0 Å². The quantitative estimate of drug-likeness (QED) is 0.844. The first-order valence-electron chi connectivity index (χ1n) is 5.66. The number of primary amides is 1. The fourth-order valence-electron chi connectivity index (χ4n) is 1.71. The van der Waals surface area contributed by atoms with Gasteiger partial charge in [0.2, 0.25) is 0 Å². The number of carbonyl (C=O) groups excluding carboxylic acids is 1. The summed E-state index contributed by atoms with van der Waals surface area (Å²) in [6.07, 6.45) is 1.02. The lowest BCUT2D eigenvalue weighted by Crippen LogP contribution is -2.14. The number of pyridine rings is 1. The molecule has 0 radical (unpaired) electrons. The summed E-state index contributed by atoms with van der Waals surface area (Å²) in [4.78, 5) is 15.4. The summed E-state index contributed by atoms with van der Waals surface area (Å²) in [5.74, 6) is -0.504. The maximum Gasteiger partial charge on any atom is 0.267 e. The number of aromatic nitrogens is 1. The van der Waals surface area contributed by atoms with Crippen LogP contribution in [0.4, 0.5) is 5.69 Å². The summed E-state index contributed by atoms with van der Waals surface area (Å²) < 4.78 is 0. The van der Waals surface area contributed by atoms with E-state index in [9.17, 15) is 4.79 Å². The van der Waals surface area contributed by atoms with E-state index in [1.165, 1.54) is 0 Å². The minimum atomic E-state index is -0.504. The third-order valence-electron chi connectivity index (χ3n) is 2.53. The normalized spacial score (nSPS) is 10.4. The predicted molar refractivity (Wildman–Crippen MR) is 69.0 cm³/mol. The number of hydrogen-bond donors (Lipinski definition) is 2. The highest BCUT2D eigenvalue weighted by molar-refractivity contribution is 5.99. The van der Waals surface area contributed by atoms with Gasteiger partial charge in [0.25, 0.3) is 5.91 Å². The number of nitrogens with zero attached hydrogens (tertiary/aromatic N) is 1. The van der Waals surface area contributed by atoms with Crippen LogP contribution < -0.4 is 11.1 Å². The van der Waals surface area contributed by atoms with Gasteiger partial charge in [-0.3, -0.25) is 4.79 Å². The van der Waals surface area contributed by atoms with Crippen LogP contribution in [0.2, 0.25) is 0 Å². The van der Waals surface area contributed by atoms with Gasteiger partial charge >= 0.3 is 0 Å². The molecule has 0 bridgehead atoms. The Morgan fingerprint density at radius 1 is 1.41 bits per heavy atom. The van der Waals surface area contributed by atoms with Crippen LogP contribution in [0.1, 0.15) is 23.8 Å². The van der Waals surface area contributed by atoms with Crippen LogP contribution in [-0.2, 0) is 0 Å².